The molecule has 0 saturated carbocycles. The number of rotatable bonds is 1. The van der Waals surface area contributed by atoms with Crippen molar-refractivity contribution in [2.75, 3.05) is 0 Å². The van der Waals surface area contributed by atoms with Gasteiger partial charge in [0, 0.05) is 0 Å². The Hall–Kier alpha value is 0.103. The first-order valence-electron chi connectivity index (χ1n) is 2.99. The van der Waals surface area contributed by atoms with E-state index in [9.17, 15) is 0 Å². The van der Waals surface area contributed by atoms with Gasteiger partial charge in [-0.15, -0.1) is 0 Å². The second kappa shape index (κ2) is 2.15. The van der Waals surface area contributed by atoms with E-state index in [1.165, 1.54) is 24.7 Å². The van der Waals surface area contributed by atoms with Gasteiger partial charge in [0.05, 0.1) is 0 Å². The van der Waals surface area contributed by atoms with E-state index in [1.54, 1.807) is 0 Å². The summed E-state index contributed by atoms with van der Waals surface area (Å²) < 4.78 is 0.500. The van der Waals surface area contributed by atoms with Crippen molar-refractivity contribution in [3.05, 3.63) is 24.3 Å². The first-order valence-corrected chi connectivity index (χ1v) is 4.48. The first-order chi connectivity index (χ1) is 3.77. The molecule has 0 bridgehead atoms. The quantitative estimate of drug-likeness (QED) is 0.514. The molecule has 0 heterocycles. The SMILES string of the molecule is CC[C]1([Zn])C=CC=C1. The van der Waals surface area contributed by atoms with Gasteiger partial charge in [-0.25, -0.2) is 0 Å². The molecule has 0 saturated heterocycles. The summed E-state index contributed by atoms with van der Waals surface area (Å²) in [6.07, 6.45) is 10.2. The van der Waals surface area contributed by atoms with Gasteiger partial charge in [0.2, 0.25) is 0 Å². The molecule has 0 amide bonds. The summed E-state index contributed by atoms with van der Waals surface area (Å²) in [7, 11) is 0. The van der Waals surface area contributed by atoms with Gasteiger partial charge in [-0.2, -0.15) is 0 Å². The third kappa shape index (κ3) is 1.09. The van der Waals surface area contributed by atoms with E-state index in [1.807, 2.05) is 0 Å². The van der Waals surface area contributed by atoms with Crippen LogP contribution in [-0.2, 0) is 18.3 Å². The van der Waals surface area contributed by atoms with Crippen LogP contribution in [0, 0.1) is 0 Å². The molecule has 0 aromatic carbocycles. The van der Waals surface area contributed by atoms with Crippen molar-refractivity contribution < 1.29 is 18.3 Å². The van der Waals surface area contributed by atoms with Gasteiger partial charge in [0.1, 0.15) is 0 Å². The molecule has 0 aromatic rings. The van der Waals surface area contributed by atoms with Crippen LogP contribution in [0.5, 0.6) is 0 Å². The minimum atomic E-state index is 0.500. The van der Waals surface area contributed by atoms with E-state index in [4.69, 9.17) is 0 Å². The Bertz CT molecular complexity index is 121. The average Bonchev–Trinajstić information content (AvgIpc) is 2.17. The van der Waals surface area contributed by atoms with Crippen LogP contribution in [-0.4, -0.2) is 0 Å². The molecular formula is C7H9Zn. The summed E-state index contributed by atoms with van der Waals surface area (Å²) >= 11 is 1.36. The Morgan fingerprint density at radius 1 is 1.38 bits per heavy atom. The summed E-state index contributed by atoms with van der Waals surface area (Å²) in [6.45, 7) is 2.24. The van der Waals surface area contributed by atoms with Gasteiger partial charge in [0.15, 0.2) is 0 Å². The van der Waals surface area contributed by atoms with Crippen LogP contribution in [0.3, 0.4) is 0 Å². The molecule has 0 nitrogen and oxygen atoms in total. The van der Waals surface area contributed by atoms with Crippen LogP contribution in [0.2, 0.25) is 4.01 Å². The molecule has 1 aliphatic rings. The van der Waals surface area contributed by atoms with E-state index in [-0.39, 0.29) is 0 Å². The zero-order valence-corrected chi connectivity index (χ0v) is 8.19. The maximum absolute atomic E-state index is 2.30. The Morgan fingerprint density at radius 3 is 2.12 bits per heavy atom. The van der Waals surface area contributed by atoms with Gasteiger partial charge >= 0.3 is 60.0 Å². The normalized spacial score (nSPS) is 22.4. The van der Waals surface area contributed by atoms with Crippen molar-refractivity contribution in [3.63, 3.8) is 0 Å². The fraction of sp³-hybridized carbons (Fsp3) is 0.429. The van der Waals surface area contributed by atoms with Crippen molar-refractivity contribution in [1.29, 1.82) is 0 Å². The van der Waals surface area contributed by atoms with Crippen molar-refractivity contribution in [3.8, 4) is 0 Å². The zero-order valence-electron chi connectivity index (χ0n) is 5.22. The summed E-state index contributed by atoms with van der Waals surface area (Å²) in [6, 6.07) is 0. The molecule has 0 aliphatic heterocycles. The monoisotopic (exact) mass is 157 g/mol. The van der Waals surface area contributed by atoms with Crippen molar-refractivity contribution in [2.24, 2.45) is 0 Å². The van der Waals surface area contributed by atoms with Crippen molar-refractivity contribution >= 4 is 0 Å². The number of hydrogen-bond donors (Lipinski definition) is 0. The predicted molar refractivity (Wildman–Crippen MR) is 31.3 cm³/mol. The van der Waals surface area contributed by atoms with E-state index in [2.05, 4.69) is 31.2 Å². The molecule has 8 heavy (non-hydrogen) atoms. The Balaban J connectivity index is 2.69. The molecular weight excluding hydrogens is 149 g/mol. The first kappa shape index (κ1) is 6.23. The van der Waals surface area contributed by atoms with Crippen molar-refractivity contribution in [1.82, 2.24) is 0 Å². The van der Waals surface area contributed by atoms with E-state index in [0.29, 0.717) is 4.01 Å². The fourth-order valence-electron chi connectivity index (χ4n) is 0.786. The third-order valence-electron chi connectivity index (χ3n) is 1.63. The fourth-order valence-corrected chi connectivity index (χ4v) is 1.36. The second-order valence-corrected chi connectivity index (χ2v) is 5.07. The molecule has 0 aromatic heterocycles. The number of allylic oxidation sites excluding steroid dienone is 4. The van der Waals surface area contributed by atoms with Crippen LogP contribution in [0.4, 0.5) is 0 Å². The maximum atomic E-state index is 2.30. The molecule has 1 aliphatic carbocycles. The molecule has 0 N–H and O–H groups in total. The molecule has 39 valence electrons. The molecule has 0 unspecified atom stereocenters. The molecule has 0 fully saturated rings. The van der Waals surface area contributed by atoms with Gasteiger partial charge in [-0.3, -0.25) is 0 Å². The topological polar surface area (TPSA) is 0 Å². The van der Waals surface area contributed by atoms with Gasteiger partial charge in [-0.05, 0) is 0 Å². The minimum absolute atomic E-state index is 0.500. The zero-order chi connectivity index (χ0) is 6.04. The van der Waals surface area contributed by atoms with Gasteiger partial charge in [0.25, 0.3) is 0 Å². The summed E-state index contributed by atoms with van der Waals surface area (Å²) in [5.74, 6) is 0. The molecule has 0 atom stereocenters. The second-order valence-electron chi connectivity index (χ2n) is 2.30. The van der Waals surface area contributed by atoms with E-state index >= 15 is 0 Å². The Morgan fingerprint density at radius 2 is 1.88 bits per heavy atom. The predicted octanol–water partition coefficient (Wildman–Crippen LogP) is 2.23. The van der Waals surface area contributed by atoms with Crippen LogP contribution >= 0.6 is 0 Å². The van der Waals surface area contributed by atoms with Crippen LogP contribution < -0.4 is 0 Å². The number of hydrogen-bond acceptors (Lipinski definition) is 0. The summed E-state index contributed by atoms with van der Waals surface area (Å²) in [4.78, 5) is 0. The van der Waals surface area contributed by atoms with E-state index in [0.717, 1.165) is 0 Å². The van der Waals surface area contributed by atoms with E-state index < -0.39 is 0 Å². The third-order valence-corrected chi connectivity index (χ3v) is 3.66. The van der Waals surface area contributed by atoms with Crippen LogP contribution in [0.25, 0.3) is 0 Å². The molecule has 1 heteroatoms. The standard InChI is InChI=1S/C7H9.Zn/c1-2-7-5-3-4-6-7;/h3-6H,2H2,1H3;. The Labute approximate surface area is 60.3 Å². The Kier molecular flexibility index (Phi) is 1.67. The van der Waals surface area contributed by atoms with Crippen molar-refractivity contribution in [2.45, 2.75) is 17.4 Å². The molecule has 0 spiro atoms. The molecule has 1 rings (SSSR count). The summed E-state index contributed by atoms with van der Waals surface area (Å²) in [5, 5.41) is 0. The van der Waals surface area contributed by atoms with Crippen LogP contribution in [0.1, 0.15) is 13.3 Å². The van der Waals surface area contributed by atoms with Gasteiger partial charge < -0.3 is 0 Å². The molecule has 0 radical (unpaired) electrons. The van der Waals surface area contributed by atoms with Gasteiger partial charge in [-0.1, -0.05) is 0 Å². The van der Waals surface area contributed by atoms with Crippen LogP contribution in [0.15, 0.2) is 24.3 Å². The average molecular weight is 159 g/mol. The summed E-state index contributed by atoms with van der Waals surface area (Å²) in [5.41, 5.74) is 0.